The van der Waals surface area contributed by atoms with E-state index in [1.165, 1.54) is 25.9 Å². The average molecular weight is 283 g/mol. The van der Waals surface area contributed by atoms with Crippen LogP contribution in [0.5, 0.6) is 0 Å². The summed E-state index contributed by atoms with van der Waals surface area (Å²) in [6.45, 7) is 5.61. The molecule has 0 aromatic rings. The van der Waals surface area contributed by atoms with Crippen LogP contribution in [0.1, 0.15) is 19.8 Å². The van der Waals surface area contributed by atoms with Crippen LogP contribution in [0, 0.1) is 0 Å². The van der Waals surface area contributed by atoms with Gasteiger partial charge in [-0.05, 0) is 32.9 Å². The molecule has 0 N–H and O–H groups in total. The molecule has 0 saturated carbocycles. The molecule has 0 aromatic heterocycles. The lowest BCUT2D eigenvalue weighted by Gasteiger charge is -2.33. The van der Waals surface area contributed by atoms with Crippen LogP contribution in [0.4, 0.5) is 0 Å². The fraction of sp³-hybridized carbons (Fsp3) is 1.00. The Labute approximate surface area is 88.8 Å². The van der Waals surface area contributed by atoms with Crippen LogP contribution in [0.3, 0.4) is 0 Å². The molecule has 0 spiro atoms. The minimum atomic E-state index is 0.596. The standard InChI is InChI=1S/C9H18INO/c1-8(7-12-2)11-5-3-9(10)4-6-11/h8-9H,3-7H2,1-2H3. The van der Waals surface area contributed by atoms with Crippen molar-refractivity contribution >= 4 is 22.6 Å². The third-order valence-corrected chi connectivity index (χ3v) is 3.74. The van der Waals surface area contributed by atoms with Crippen molar-refractivity contribution < 1.29 is 4.74 Å². The van der Waals surface area contributed by atoms with E-state index in [1.807, 2.05) is 0 Å². The van der Waals surface area contributed by atoms with Gasteiger partial charge < -0.3 is 4.74 Å². The molecule has 1 rings (SSSR count). The number of hydrogen-bond donors (Lipinski definition) is 0. The highest BCUT2D eigenvalue weighted by Gasteiger charge is 2.20. The van der Waals surface area contributed by atoms with Gasteiger partial charge in [-0.3, -0.25) is 4.90 Å². The monoisotopic (exact) mass is 283 g/mol. The fourth-order valence-electron chi connectivity index (χ4n) is 1.66. The van der Waals surface area contributed by atoms with Crippen molar-refractivity contribution in [3.05, 3.63) is 0 Å². The molecule has 1 fully saturated rings. The van der Waals surface area contributed by atoms with Gasteiger partial charge in [0, 0.05) is 17.1 Å². The van der Waals surface area contributed by atoms with Gasteiger partial charge in [-0.25, -0.2) is 0 Å². The molecule has 1 unspecified atom stereocenters. The van der Waals surface area contributed by atoms with E-state index in [-0.39, 0.29) is 0 Å². The number of nitrogens with zero attached hydrogens (tertiary/aromatic N) is 1. The van der Waals surface area contributed by atoms with Gasteiger partial charge >= 0.3 is 0 Å². The first-order chi connectivity index (χ1) is 5.74. The first-order valence-electron chi connectivity index (χ1n) is 4.61. The average Bonchev–Trinajstić information content (AvgIpc) is 2.06. The number of likely N-dealkylation sites (tertiary alicyclic amines) is 1. The van der Waals surface area contributed by atoms with Crippen molar-refractivity contribution in [1.82, 2.24) is 4.90 Å². The first kappa shape index (κ1) is 10.7. The maximum atomic E-state index is 5.14. The molecule has 2 nitrogen and oxygen atoms in total. The molecule has 12 heavy (non-hydrogen) atoms. The van der Waals surface area contributed by atoms with Crippen LogP contribution in [0.15, 0.2) is 0 Å². The molecule has 0 bridgehead atoms. The Balaban J connectivity index is 2.24. The summed E-state index contributed by atoms with van der Waals surface area (Å²) in [4.78, 5) is 2.53. The van der Waals surface area contributed by atoms with Crippen LogP contribution < -0.4 is 0 Å². The molecule has 0 amide bonds. The summed E-state index contributed by atoms with van der Waals surface area (Å²) in [5.74, 6) is 0. The minimum Gasteiger partial charge on any atom is -0.383 e. The lowest BCUT2D eigenvalue weighted by Crippen LogP contribution is -2.42. The zero-order valence-corrected chi connectivity index (χ0v) is 10.1. The summed E-state index contributed by atoms with van der Waals surface area (Å²) in [6, 6.07) is 0.596. The number of rotatable bonds is 3. The number of hydrogen-bond acceptors (Lipinski definition) is 2. The predicted octanol–water partition coefficient (Wildman–Crippen LogP) is 1.92. The molecule has 1 saturated heterocycles. The van der Waals surface area contributed by atoms with E-state index in [4.69, 9.17) is 4.74 Å². The van der Waals surface area contributed by atoms with Crippen molar-refractivity contribution in [3.63, 3.8) is 0 Å². The van der Waals surface area contributed by atoms with E-state index >= 15 is 0 Å². The molecule has 1 aliphatic heterocycles. The van der Waals surface area contributed by atoms with Crippen LogP contribution >= 0.6 is 22.6 Å². The predicted molar refractivity (Wildman–Crippen MR) is 60.0 cm³/mol. The summed E-state index contributed by atoms with van der Waals surface area (Å²) in [6.07, 6.45) is 2.68. The summed E-state index contributed by atoms with van der Waals surface area (Å²) in [7, 11) is 1.78. The second kappa shape index (κ2) is 5.40. The largest absolute Gasteiger partial charge is 0.383 e. The number of alkyl halides is 1. The van der Waals surface area contributed by atoms with Gasteiger partial charge in [-0.1, -0.05) is 22.6 Å². The van der Waals surface area contributed by atoms with Gasteiger partial charge in [0.05, 0.1) is 6.61 Å². The van der Waals surface area contributed by atoms with Crippen LogP contribution in [0.2, 0.25) is 0 Å². The van der Waals surface area contributed by atoms with Crippen LogP contribution in [0.25, 0.3) is 0 Å². The van der Waals surface area contributed by atoms with E-state index in [2.05, 4.69) is 34.4 Å². The highest BCUT2D eigenvalue weighted by molar-refractivity contribution is 14.1. The van der Waals surface area contributed by atoms with E-state index in [9.17, 15) is 0 Å². The summed E-state index contributed by atoms with van der Waals surface area (Å²) in [5, 5.41) is 0. The highest BCUT2D eigenvalue weighted by Crippen LogP contribution is 2.19. The van der Waals surface area contributed by atoms with Crippen molar-refractivity contribution in [2.75, 3.05) is 26.8 Å². The summed E-state index contributed by atoms with van der Waals surface area (Å²) < 4.78 is 6.04. The lowest BCUT2D eigenvalue weighted by atomic mass is 10.1. The number of ether oxygens (including phenoxy) is 1. The number of piperidine rings is 1. The molecule has 1 heterocycles. The maximum Gasteiger partial charge on any atom is 0.0615 e. The van der Waals surface area contributed by atoms with Crippen LogP contribution in [-0.4, -0.2) is 41.7 Å². The molecular formula is C9H18INO. The van der Waals surface area contributed by atoms with E-state index in [0.717, 1.165) is 10.5 Å². The minimum absolute atomic E-state index is 0.596. The first-order valence-corrected chi connectivity index (χ1v) is 5.85. The Hall–Kier alpha value is 0.650. The van der Waals surface area contributed by atoms with Gasteiger partial charge in [-0.2, -0.15) is 0 Å². The molecule has 0 aliphatic carbocycles. The Morgan fingerprint density at radius 1 is 1.50 bits per heavy atom. The SMILES string of the molecule is COCC(C)N1CCC(I)CC1. The fourth-order valence-corrected chi connectivity index (χ4v) is 2.21. The van der Waals surface area contributed by atoms with Crippen molar-refractivity contribution in [2.45, 2.75) is 29.7 Å². The molecule has 72 valence electrons. The van der Waals surface area contributed by atoms with Crippen molar-refractivity contribution in [1.29, 1.82) is 0 Å². The molecular weight excluding hydrogens is 265 g/mol. The molecule has 0 radical (unpaired) electrons. The molecule has 1 atom stereocenters. The summed E-state index contributed by atoms with van der Waals surface area (Å²) in [5.41, 5.74) is 0. The zero-order valence-electron chi connectivity index (χ0n) is 7.92. The molecule has 3 heteroatoms. The topological polar surface area (TPSA) is 12.5 Å². The number of halogens is 1. The van der Waals surface area contributed by atoms with Gasteiger partial charge in [0.15, 0.2) is 0 Å². The zero-order chi connectivity index (χ0) is 8.97. The molecule has 1 aliphatic rings. The van der Waals surface area contributed by atoms with Gasteiger partial charge in [-0.15, -0.1) is 0 Å². The quantitative estimate of drug-likeness (QED) is 0.579. The summed E-state index contributed by atoms with van der Waals surface area (Å²) >= 11 is 2.55. The van der Waals surface area contributed by atoms with Gasteiger partial charge in [0.25, 0.3) is 0 Å². The normalized spacial score (nSPS) is 24.2. The smallest absolute Gasteiger partial charge is 0.0615 e. The third kappa shape index (κ3) is 3.18. The molecule has 0 aromatic carbocycles. The van der Waals surface area contributed by atoms with Gasteiger partial charge in [0.1, 0.15) is 0 Å². The van der Waals surface area contributed by atoms with Crippen LogP contribution in [-0.2, 0) is 4.74 Å². The Morgan fingerprint density at radius 2 is 2.08 bits per heavy atom. The highest BCUT2D eigenvalue weighted by atomic mass is 127. The maximum absolute atomic E-state index is 5.14. The second-order valence-electron chi connectivity index (χ2n) is 3.51. The van der Waals surface area contributed by atoms with Gasteiger partial charge in [0.2, 0.25) is 0 Å². The lowest BCUT2D eigenvalue weighted by molar-refractivity contribution is 0.0884. The van der Waals surface area contributed by atoms with E-state index in [0.29, 0.717) is 6.04 Å². The van der Waals surface area contributed by atoms with E-state index in [1.54, 1.807) is 7.11 Å². The van der Waals surface area contributed by atoms with Crippen molar-refractivity contribution in [2.24, 2.45) is 0 Å². The third-order valence-electron chi connectivity index (χ3n) is 2.49. The Kier molecular flexibility index (Phi) is 4.82. The van der Waals surface area contributed by atoms with E-state index < -0.39 is 0 Å². The second-order valence-corrected chi connectivity index (χ2v) is 5.28. The Bertz CT molecular complexity index is 124. The Morgan fingerprint density at radius 3 is 2.58 bits per heavy atom. The van der Waals surface area contributed by atoms with Crippen molar-refractivity contribution in [3.8, 4) is 0 Å². The number of methoxy groups -OCH3 is 1.